The molecule has 1 saturated heterocycles. The van der Waals surface area contributed by atoms with Crippen LogP contribution in [0.25, 0.3) is 11.3 Å². The van der Waals surface area contributed by atoms with E-state index >= 15 is 0 Å². The lowest BCUT2D eigenvalue weighted by molar-refractivity contribution is -0.132. The molecule has 2 aliphatic rings. The number of carbonyl (C=O) groups is 2. The molecule has 14 heteroatoms. The third kappa shape index (κ3) is 14.1. The Hall–Kier alpha value is -4.24. The monoisotopic (exact) mass is 743 g/mol. The lowest BCUT2D eigenvalue weighted by Crippen LogP contribution is -2.48. The van der Waals surface area contributed by atoms with Gasteiger partial charge in [0.15, 0.2) is 0 Å². The highest BCUT2D eigenvalue weighted by Crippen LogP contribution is 2.25. The molecule has 1 fully saturated rings. The van der Waals surface area contributed by atoms with Crippen molar-refractivity contribution in [3.63, 3.8) is 0 Å². The van der Waals surface area contributed by atoms with E-state index in [9.17, 15) is 27.9 Å². The number of rotatable bonds is 12. The maximum absolute atomic E-state index is 12.3. The quantitative estimate of drug-likeness (QED) is 0.163. The van der Waals surface area contributed by atoms with Crippen LogP contribution in [-0.4, -0.2) is 97.4 Å². The highest BCUT2D eigenvalue weighted by molar-refractivity contribution is 7.09. The Labute approximate surface area is 307 Å². The van der Waals surface area contributed by atoms with Crippen LogP contribution in [0.2, 0.25) is 0 Å². The Kier molecular flexibility index (Phi) is 16.1. The molecule has 0 radical (unpaired) electrons. The molecule has 0 spiro atoms. The van der Waals surface area contributed by atoms with Crippen molar-refractivity contribution in [2.45, 2.75) is 51.4 Å². The lowest BCUT2D eigenvalue weighted by atomic mass is 9.96. The van der Waals surface area contributed by atoms with Crippen LogP contribution in [0.1, 0.15) is 34.6 Å². The second-order valence-corrected chi connectivity index (χ2v) is 13.7. The van der Waals surface area contributed by atoms with Gasteiger partial charge < -0.3 is 24.9 Å². The predicted octanol–water partition coefficient (Wildman–Crippen LogP) is 5.49. The maximum atomic E-state index is 12.3. The smallest absolute Gasteiger partial charge is 0.405 e. The number of aryl methyl sites for hydroxylation is 2. The molecule has 4 aromatic rings. The number of benzene rings is 2. The van der Waals surface area contributed by atoms with E-state index < -0.39 is 18.8 Å². The number of ether oxygens (including phenoxy) is 1. The van der Waals surface area contributed by atoms with Gasteiger partial charge in [0.05, 0.1) is 24.8 Å². The zero-order valence-corrected chi connectivity index (χ0v) is 30.4. The van der Waals surface area contributed by atoms with Gasteiger partial charge in [-0.3, -0.25) is 24.4 Å². The number of thiazole rings is 1. The number of aliphatic hydroxyl groups excluding tert-OH is 1. The summed E-state index contributed by atoms with van der Waals surface area (Å²) in [5.41, 5.74) is 5.47. The van der Waals surface area contributed by atoms with Crippen LogP contribution in [0.15, 0.2) is 76.8 Å². The van der Waals surface area contributed by atoms with Crippen LogP contribution >= 0.6 is 11.3 Å². The van der Waals surface area contributed by atoms with Crippen LogP contribution in [0.3, 0.4) is 0 Å². The summed E-state index contributed by atoms with van der Waals surface area (Å²) in [7, 11) is 1.65. The van der Waals surface area contributed by atoms with Crippen LogP contribution in [0.4, 0.5) is 13.2 Å². The molecule has 2 atom stereocenters. The van der Waals surface area contributed by atoms with Gasteiger partial charge in [0.2, 0.25) is 12.3 Å². The molecule has 4 heterocycles. The van der Waals surface area contributed by atoms with Crippen molar-refractivity contribution >= 4 is 23.7 Å². The van der Waals surface area contributed by atoms with Gasteiger partial charge >= 0.3 is 6.18 Å². The summed E-state index contributed by atoms with van der Waals surface area (Å²) in [5.74, 6) is 2.68. The summed E-state index contributed by atoms with van der Waals surface area (Å²) in [4.78, 5) is 31.4. The first kappa shape index (κ1) is 40.5. The molecule has 2 aromatic carbocycles. The molecule has 3 N–H and O–H groups in total. The van der Waals surface area contributed by atoms with E-state index in [2.05, 4.69) is 69.5 Å². The minimum absolute atomic E-state index is 0.00743. The highest BCUT2D eigenvalue weighted by atomic mass is 32.1. The highest BCUT2D eigenvalue weighted by Gasteiger charge is 2.26. The number of aliphatic hydroxyl groups is 1. The van der Waals surface area contributed by atoms with E-state index in [-0.39, 0.29) is 18.2 Å². The van der Waals surface area contributed by atoms with Crippen LogP contribution < -0.4 is 15.4 Å². The average Bonchev–Trinajstić information content (AvgIpc) is 3.84. The predicted molar refractivity (Wildman–Crippen MR) is 195 cm³/mol. The Bertz CT molecular complexity index is 1600. The van der Waals surface area contributed by atoms with Crippen molar-refractivity contribution in [1.29, 1.82) is 0 Å². The molecule has 0 aliphatic carbocycles. The Morgan fingerprint density at radius 2 is 1.79 bits per heavy atom. The van der Waals surface area contributed by atoms with Gasteiger partial charge in [0.1, 0.15) is 23.8 Å². The van der Waals surface area contributed by atoms with Gasteiger partial charge in [-0.25, -0.2) is 0 Å². The summed E-state index contributed by atoms with van der Waals surface area (Å²) >= 11 is 1.55. The summed E-state index contributed by atoms with van der Waals surface area (Å²) in [6, 6.07) is 20.7. The van der Waals surface area contributed by atoms with E-state index in [1.165, 1.54) is 22.9 Å². The van der Waals surface area contributed by atoms with E-state index in [1.807, 2.05) is 18.2 Å². The van der Waals surface area contributed by atoms with Crippen LogP contribution in [-0.2, 0) is 29.0 Å². The van der Waals surface area contributed by atoms with Crippen molar-refractivity contribution in [2.75, 3.05) is 52.9 Å². The molecule has 2 aromatic heterocycles. The number of halogens is 3. The molecule has 0 saturated carbocycles. The van der Waals surface area contributed by atoms with Gasteiger partial charge in [-0.15, -0.1) is 11.3 Å². The lowest BCUT2D eigenvalue weighted by Gasteiger charge is -2.35. The fourth-order valence-electron chi connectivity index (χ4n) is 5.91. The number of β-amino-alcohol motifs (C(OH)–C–C–N with tert-alkyl or cyclic N) is 1. The Morgan fingerprint density at radius 1 is 1.06 bits per heavy atom. The number of carbonyl (C=O) groups excluding carboxylic acids is 2. The van der Waals surface area contributed by atoms with E-state index in [0.717, 1.165) is 73.5 Å². The van der Waals surface area contributed by atoms with Gasteiger partial charge in [-0.05, 0) is 56.4 Å². The molecule has 6 rings (SSSR count). The third-order valence-corrected chi connectivity index (χ3v) is 9.42. The normalized spacial score (nSPS) is 15.7. The Balaban J connectivity index is 0.000000272. The second kappa shape index (κ2) is 20.7. The van der Waals surface area contributed by atoms with E-state index in [4.69, 9.17) is 9.15 Å². The van der Waals surface area contributed by atoms with Gasteiger partial charge in [0.25, 0.3) is 0 Å². The largest absolute Gasteiger partial charge is 0.493 e. The number of fused-ring (bicyclic) bond motifs is 1. The maximum Gasteiger partial charge on any atom is 0.405 e. The number of nitrogens with one attached hydrogen (secondary N) is 2. The minimum atomic E-state index is -4.29. The van der Waals surface area contributed by atoms with Crippen molar-refractivity contribution in [3.8, 4) is 17.1 Å². The van der Waals surface area contributed by atoms with Gasteiger partial charge in [0, 0.05) is 62.3 Å². The van der Waals surface area contributed by atoms with Crippen molar-refractivity contribution in [1.82, 2.24) is 25.4 Å². The summed E-state index contributed by atoms with van der Waals surface area (Å²) in [6.45, 7) is 6.72. The number of alkyl halides is 3. The number of amides is 2. The van der Waals surface area contributed by atoms with Crippen molar-refractivity contribution < 1.29 is 37.0 Å². The number of piperazine rings is 1. The molecule has 2 amide bonds. The Morgan fingerprint density at radius 3 is 2.42 bits per heavy atom. The molecule has 1 unspecified atom stereocenters. The molecule has 0 bridgehead atoms. The fraction of sp³-hybridized carbons (Fsp3) is 0.447. The number of hydrogen-bond donors (Lipinski definition) is 3. The molecule has 282 valence electrons. The van der Waals surface area contributed by atoms with Gasteiger partial charge in [-0.2, -0.15) is 13.2 Å². The summed E-state index contributed by atoms with van der Waals surface area (Å²) in [6.07, 6.45) is 0.384. The minimum Gasteiger partial charge on any atom is -0.493 e. The molecule has 52 heavy (non-hydrogen) atoms. The average molecular weight is 744 g/mol. The number of furan rings is 1. The van der Waals surface area contributed by atoms with E-state index in [1.54, 1.807) is 30.1 Å². The number of nitrogens with zero attached hydrogens (tertiary/aromatic N) is 3. The third-order valence-electron chi connectivity index (χ3n) is 8.62. The van der Waals surface area contributed by atoms with Crippen molar-refractivity contribution in [2.24, 2.45) is 5.92 Å². The molecular weight excluding hydrogens is 696 g/mol. The summed E-state index contributed by atoms with van der Waals surface area (Å²) in [5, 5.41) is 14.9. The first-order valence-corrected chi connectivity index (χ1v) is 18.2. The standard InChI is InChI=1S/C26H34N4O3S.C9H10O.C3H4F3NO/c1-19-3-5-20(6-4-19)25-8-7-23(33-25)17-30-11-9-29(10-12-30)16-22(31)13-21(26(32)27-2)14-24-15-28-18-34-24;1-2-6-9-8(4-1)5-3-7-10-9;4-3(5,6)1-7-2-8/h3-8,15,18,21-22,31H,9-14,16-17H2,1-2H3,(H,27,32);1-2,4,6H,3,5,7H2;2H,1H2,(H,7,8)/t21-,22?;;/m0../s1. The molecular formula is C38H48F3N5O5S. The SMILES string of the molecule is CNC(=O)[C@H](Cc1cncs1)CC(O)CN1CCN(Cc2ccc(-c3ccc(C)cc3)o2)CC1.O=CNCC(F)(F)F.c1ccc2c(c1)CCCO2. The fourth-order valence-corrected chi connectivity index (χ4v) is 6.59. The zero-order chi connectivity index (χ0) is 37.3. The zero-order valence-electron chi connectivity index (χ0n) is 29.6. The van der Waals surface area contributed by atoms with E-state index in [0.29, 0.717) is 19.4 Å². The summed E-state index contributed by atoms with van der Waals surface area (Å²) < 4.78 is 44.6. The number of para-hydroxylation sites is 1. The number of hydrogen-bond acceptors (Lipinski definition) is 9. The number of aromatic nitrogens is 1. The topological polar surface area (TPSA) is 120 Å². The molecule has 2 aliphatic heterocycles. The first-order chi connectivity index (χ1) is 25.0. The molecule has 10 nitrogen and oxygen atoms in total. The second-order valence-electron chi connectivity index (χ2n) is 12.8. The van der Waals surface area contributed by atoms with Crippen LogP contribution in [0.5, 0.6) is 5.75 Å². The first-order valence-electron chi connectivity index (χ1n) is 17.3. The van der Waals surface area contributed by atoms with Gasteiger partial charge in [-0.1, -0.05) is 48.0 Å². The van der Waals surface area contributed by atoms with Crippen molar-refractivity contribution in [3.05, 3.63) is 94.1 Å². The van der Waals surface area contributed by atoms with Crippen LogP contribution in [0, 0.1) is 12.8 Å².